The van der Waals surface area contributed by atoms with Gasteiger partial charge in [0.15, 0.2) is 29.2 Å². The first kappa shape index (κ1) is 25.2. The Morgan fingerprint density at radius 3 is 2.75 bits per heavy atom. The highest BCUT2D eigenvalue weighted by atomic mass is 19.1. The standard InChI is InChI=1S/C24H30FN9O2/c1-15(35)16-4-5-19(18(25)13-16)34-10-8-33(9-11-34)7-6-29-22-17(14-26)23(32-24(28)31-22)30-21(27)20-3-2-12-36-20/h2-5,12-15,26,35H,6-11H2,1H3,(H5,27,28,29,30,31,32)/p+2. The van der Waals surface area contributed by atoms with Crippen LogP contribution >= 0.6 is 0 Å². The summed E-state index contributed by atoms with van der Waals surface area (Å²) in [6.45, 7) is 5.71. The Morgan fingerprint density at radius 1 is 1.33 bits per heavy atom. The quantitative estimate of drug-likeness (QED) is 0.216. The summed E-state index contributed by atoms with van der Waals surface area (Å²) in [6.07, 6.45) is 2.20. The molecule has 1 unspecified atom stereocenters. The first-order valence-corrected chi connectivity index (χ1v) is 11.7. The Labute approximate surface area is 208 Å². The van der Waals surface area contributed by atoms with Crippen molar-refractivity contribution in [2.45, 2.75) is 13.0 Å². The third-order valence-corrected chi connectivity index (χ3v) is 6.06. The topological polar surface area (TPSA) is 171 Å². The summed E-state index contributed by atoms with van der Waals surface area (Å²) in [5, 5.41) is 17.1. The normalized spacial score (nSPS) is 19.5. The van der Waals surface area contributed by atoms with Gasteiger partial charge in [0.2, 0.25) is 0 Å². The van der Waals surface area contributed by atoms with E-state index in [1.165, 1.54) is 18.5 Å². The molecule has 0 spiro atoms. The number of hydrogen-bond donors (Lipinski definition) is 5. The fourth-order valence-electron chi connectivity index (χ4n) is 4.08. The van der Waals surface area contributed by atoms with E-state index in [4.69, 9.17) is 21.3 Å². The van der Waals surface area contributed by atoms with Crippen LogP contribution in [0.5, 0.6) is 0 Å². The van der Waals surface area contributed by atoms with Gasteiger partial charge in [0.25, 0.3) is 5.82 Å². The summed E-state index contributed by atoms with van der Waals surface area (Å²) in [5.74, 6) is 1.40. The summed E-state index contributed by atoms with van der Waals surface area (Å²) in [5.41, 5.74) is 13.7. The lowest BCUT2D eigenvalue weighted by Gasteiger charge is -2.36. The number of aliphatic hydroxyl groups is 1. The van der Waals surface area contributed by atoms with E-state index in [0.29, 0.717) is 60.4 Å². The molecule has 0 amide bonds. The molecular weight excluding hydrogens is 465 g/mol. The number of nitrogens with zero attached hydrogens (tertiary/aromatic N) is 5. The van der Waals surface area contributed by atoms with Crippen molar-refractivity contribution >= 4 is 29.5 Å². The minimum absolute atomic E-state index is 0.189. The highest BCUT2D eigenvalue weighted by molar-refractivity contribution is 6.18. The van der Waals surface area contributed by atoms with Crippen molar-refractivity contribution in [1.82, 2.24) is 4.90 Å². The third kappa shape index (κ3) is 5.85. The highest BCUT2D eigenvalue weighted by Gasteiger charge is 2.26. The molecule has 0 radical (unpaired) electrons. The van der Waals surface area contributed by atoms with Crippen LogP contribution in [0.4, 0.5) is 10.1 Å². The van der Waals surface area contributed by atoms with Gasteiger partial charge in [-0.25, -0.2) is 9.71 Å². The predicted octanol–water partition coefficient (Wildman–Crippen LogP) is -1.67. The summed E-state index contributed by atoms with van der Waals surface area (Å²) < 4.78 is 19.8. The van der Waals surface area contributed by atoms with Crippen LogP contribution in [0, 0.1) is 5.82 Å². The average molecular weight is 498 g/mol. The van der Waals surface area contributed by atoms with Crippen LogP contribution < -0.4 is 27.1 Å². The second-order valence-electron chi connectivity index (χ2n) is 8.54. The van der Waals surface area contributed by atoms with Crippen LogP contribution in [-0.4, -0.2) is 73.1 Å². The summed E-state index contributed by atoms with van der Waals surface area (Å²) in [7, 11) is 0. The maximum atomic E-state index is 14.5. The van der Waals surface area contributed by atoms with E-state index < -0.39 is 6.10 Å². The molecule has 2 aromatic rings. The van der Waals surface area contributed by atoms with Crippen LogP contribution in [0.25, 0.3) is 0 Å². The predicted molar refractivity (Wildman–Crippen MR) is 136 cm³/mol. The van der Waals surface area contributed by atoms with Crippen LogP contribution in [0.2, 0.25) is 0 Å². The molecule has 36 heavy (non-hydrogen) atoms. The number of halogens is 1. The number of rotatable bonds is 8. The van der Waals surface area contributed by atoms with Gasteiger partial charge in [0, 0.05) is 32.7 Å². The number of quaternary nitrogens is 1. The Hall–Kier alpha value is -3.87. The molecule has 0 bridgehead atoms. The highest BCUT2D eigenvalue weighted by Crippen LogP contribution is 2.24. The lowest BCUT2D eigenvalue weighted by Crippen LogP contribution is -2.90. The largest absolute Gasteiger partial charge is 0.461 e. The lowest BCUT2D eigenvalue weighted by molar-refractivity contribution is -0.488. The van der Waals surface area contributed by atoms with Gasteiger partial charge < -0.3 is 25.9 Å². The maximum absolute atomic E-state index is 14.5. The summed E-state index contributed by atoms with van der Waals surface area (Å²) >= 11 is 0. The van der Waals surface area contributed by atoms with Crippen LogP contribution in [0.3, 0.4) is 0 Å². The number of furan rings is 1. The molecule has 2 aliphatic rings. The Balaban J connectivity index is 1.37. The number of anilines is 1. The second-order valence-corrected chi connectivity index (χ2v) is 8.54. The van der Waals surface area contributed by atoms with Crippen molar-refractivity contribution in [3.8, 4) is 0 Å². The smallest absolute Gasteiger partial charge is 0.304 e. The van der Waals surface area contributed by atoms with Crippen molar-refractivity contribution < 1.29 is 24.6 Å². The molecule has 0 aliphatic carbocycles. The molecule has 11 nitrogen and oxygen atoms in total. The molecule has 1 saturated heterocycles. The molecule has 1 aromatic carbocycles. The van der Waals surface area contributed by atoms with Crippen molar-refractivity contribution in [3.05, 3.63) is 65.1 Å². The van der Waals surface area contributed by atoms with Crippen LogP contribution in [0.15, 0.2) is 67.4 Å². The second kappa shape index (κ2) is 11.2. The van der Waals surface area contributed by atoms with Crippen molar-refractivity contribution in [2.75, 3.05) is 44.2 Å². The number of aliphatic imine (C=N–C) groups is 3. The van der Waals surface area contributed by atoms with Gasteiger partial charge in [0.1, 0.15) is 5.82 Å². The van der Waals surface area contributed by atoms with E-state index in [1.807, 2.05) is 4.90 Å². The minimum Gasteiger partial charge on any atom is -0.461 e. The molecule has 3 heterocycles. The molecular formula is C24H32FN9O2+2. The van der Waals surface area contributed by atoms with Crippen LogP contribution in [-0.2, 0) is 0 Å². The van der Waals surface area contributed by atoms with E-state index in [0.717, 1.165) is 13.1 Å². The molecule has 1 aromatic heterocycles. The van der Waals surface area contributed by atoms with Gasteiger partial charge in [-0.1, -0.05) is 6.07 Å². The number of nitrogens with two attached hydrogens (primary N) is 4. The number of hydrogen-bond acceptors (Lipinski definition) is 7. The van der Waals surface area contributed by atoms with E-state index in [9.17, 15) is 9.50 Å². The van der Waals surface area contributed by atoms with E-state index in [2.05, 4.69) is 19.9 Å². The molecule has 1 fully saturated rings. The molecule has 4 rings (SSSR count). The Bertz CT molecular complexity index is 1210. The lowest BCUT2D eigenvalue weighted by atomic mass is 10.1. The number of piperazine rings is 1. The van der Waals surface area contributed by atoms with Crippen molar-refractivity contribution in [3.63, 3.8) is 0 Å². The fraction of sp³-hybridized carbons (Fsp3) is 0.333. The first-order chi connectivity index (χ1) is 17.4. The average Bonchev–Trinajstić information content (AvgIpc) is 3.40. The summed E-state index contributed by atoms with van der Waals surface area (Å²) in [4.78, 5) is 17.6. The molecule has 2 aliphatic heterocycles. The molecule has 0 saturated carbocycles. The molecule has 12 heteroatoms. The van der Waals surface area contributed by atoms with Gasteiger partial charge in [-0.3, -0.25) is 15.3 Å². The van der Waals surface area contributed by atoms with Gasteiger partial charge in [0.05, 0.1) is 24.6 Å². The maximum Gasteiger partial charge on any atom is 0.304 e. The van der Waals surface area contributed by atoms with Gasteiger partial charge in [-0.15, -0.1) is 0 Å². The third-order valence-electron chi connectivity index (χ3n) is 6.06. The zero-order valence-corrected chi connectivity index (χ0v) is 20.1. The SMILES string of the molecule is CC(O)c1ccc(N2CCN(CCN=C3N=C(N)[NH2+]C(/N=C(\N)c4ccco4)=C3C=[NH2+])CC2)c(F)c1. The zero-order valence-electron chi connectivity index (χ0n) is 20.1. The van der Waals surface area contributed by atoms with Gasteiger partial charge >= 0.3 is 5.96 Å². The van der Waals surface area contributed by atoms with E-state index >= 15 is 0 Å². The Kier molecular flexibility index (Phi) is 7.88. The van der Waals surface area contributed by atoms with Gasteiger partial charge in [-0.2, -0.15) is 9.98 Å². The minimum atomic E-state index is -0.697. The fourth-order valence-corrected chi connectivity index (χ4v) is 4.08. The monoisotopic (exact) mass is 497 g/mol. The van der Waals surface area contributed by atoms with Crippen molar-refractivity contribution in [2.24, 2.45) is 26.4 Å². The molecule has 9 N–H and O–H groups in total. The van der Waals surface area contributed by atoms with E-state index in [-0.39, 0.29) is 17.6 Å². The Morgan fingerprint density at radius 2 is 2.11 bits per heavy atom. The molecule has 1 atom stereocenters. The number of aliphatic hydroxyl groups excluding tert-OH is 1. The zero-order chi connectivity index (χ0) is 25.7. The molecule has 190 valence electrons. The number of benzene rings is 1. The van der Waals surface area contributed by atoms with Crippen molar-refractivity contribution in [1.29, 1.82) is 0 Å². The van der Waals surface area contributed by atoms with E-state index in [1.54, 1.807) is 36.5 Å². The number of guanidine groups is 1. The van der Waals surface area contributed by atoms with Crippen LogP contribution in [0.1, 0.15) is 24.4 Å². The summed E-state index contributed by atoms with van der Waals surface area (Å²) in [6, 6.07) is 8.32. The number of amidine groups is 2. The van der Waals surface area contributed by atoms with Gasteiger partial charge in [-0.05, 0) is 36.8 Å². The first-order valence-electron chi connectivity index (χ1n) is 11.7.